The highest BCUT2D eigenvalue weighted by Crippen LogP contribution is 2.18. The summed E-state index contributed by atoms with van der Waals surface area (Å²) >= 11 is 0. The topological polar surface area (TPSA) is 49.4 Å². The number of hydrogen-bond acceptors (Lipinski definition) is 2. The Balaban J connectivity index is 2.26. The quantitative estimate of drug-likeness (QED) is 0.896. The first-order chi connectivity index (χ1) is 9.02. The molecule has 2 rings (SSSR count). The van der Waals surface area contributed by atoms with Gasteiger partial charge in [-0.05, 0) is 31.4 Å². The predicted molar refractivity (Wildman–Crippen MR) is 73.6 cm³/mol. The average Bonchev–Trinajstić information content (AvgIpc) is 2.38. The molecule has 19 heavy (non-hydrogen) atoms. The Kier molecular flexibility index (Phi) is 3.88. The number of hydrogen-bond donors (Lipinski definition) is 1. The summed E-state index contributed by atoms with van der Waals surface area (Å²) in [7, 11) is 0. The molecule has 4 nitrogen and oxygen atoms in total. The molecule has 0 bridgehead atoms. The van der Waals surface area contributed by atoms with Crippen LogP contribution in [0.4, 0.5) is 0 Å². The number of carbonyl (C=O) groups excluding carboxylic acids is 2. The van der Waals surface area contributed by atoms with Gasteiger partial charge in [0.15, 0.2) is 0 Å². The zero-order valence-corrected chi connectivity index (χ0v) is 11.7. The van der Waals surface area contributed by atoms with Crippen LogP contribution in [0, 0.1) is 13.8 Å². The molecule has 0 radical (unpaired) electrons. The molecule has 4 heteroatoms. The van der Waals surface area contributed by atoms with Gasteiger partial charge in [0.25, 0.3) is 0 Å². The van der Waals surface area contributed by atoms with Crippen LogP contribution in [0.25, 0.3) is 0 Å². The number of aryl methyl sites for hydroxylation is 2. The molecule has 1 aromatic carbocycles. The minimum Gasteiger partial charge on any atom is -0.345 e. The van der Waals surface area contributed by atoms with E-state index in [-0.39, 0.29) is 24.4 Å². The van der Waals surface area contributed by atoms with Gasteiger partial charge in [-0.25, -0.2) is 0 Å². The fourth-order valence-electron chi connectivity index (χ4n) is 2.46. The molecule has 1 aliphatic rings. The van der Waals surface area contributed by atoms with Crippen molar-refractivity contribution in [2.45, 2.75) is 39.8 Å². The number of rotatable bonds is 3. The fourth-order valence-corrected chi connectivity index (χ4v) is 2.46. The van der Waals surface area contributed by atoms with E-state index in [0.29, 0.717) is 13.0 Å². The molecule has 0 aromatic heterocycles. The Bertz CT molecular complexity index is 511. The van der Waals surface area contributed by atoms with Crippen molar-refractivity contribution in [3.8, 4) is 0 Å². The van der Waals surface area contributed by atoms with Crippen LogP contribution in [-0.4, -0.2) is 29.3 Å². The van der Waals surface area contributed by atoms with E-state index in [4.69, 9.17) is 0 Å². The molecular formula is C15H20N2O2. The molecule has 0 spiro atoms. The second kappa shape index (κ2) is 5.43. The van der Waals surface area contributed by atoms with Gasteiger partial charge in [-0.3, -0.25) is 9.59 Å². The zero-order chi connectivity index (χ0) is 14.0. The van der Waals surface area contributed by atoms with Gasteiger partial charge in [0.05, 0.1) is 6.54 Å². The highest BCUT2D eigenvalue weighted by atomic mass is 16.2. The molecule has 1 unspecified atom stereocenters. The highest BCUT2D eigenvalue weighted by Gasteiger charge is 2.33. The van der Waals surface area contributed by atoms with Crippen molar-refractivity contribution in [3.63, 3.8) is 0 Å². The van der Waals surface area contributed by atoms with Crippen molar-refractivity contribution < 1.29 is 9.59 Å². The largest absolute Gasteiger partial charge is 0.345 e. The van der Waals surface area contributed by atoms with Crippen molar-refractivity contribution in [1.29, 1.82) is 0 Å². The maximum Gasteiger partial charge on any atom is 0.243 e. The lowest BCUT2D eigenvalue weighted by Crippen LogP contribution is -2.57. The van der Waals surface area contributed by atoms with E-state index < -0.39 is 0 Å². The van der Waals surface area contributed by atoms with Crippen LogP contribution in [-0.2, 0) is 16.1 Å². The molecule has 1 aliphatic heterocycles. The first-order valence-electron chi connectivity index (χ1n) is 6.66. The molecule has 1 atom stereocenters. The number of nitrogens with one attached hydrogen (secondary N) is 1. The molecule has 2 amide bonds. The lowest BCUT2D eigenvalue weighted by atomic mass is 10.0. The number of benzene rings is 1. The van der Waals surface area contributed by atoms with Crippen molar-refractivity contribution in [2.24, 2.45) is 0 Å². The second-order valence-corrected chi connectivity index (χ2v) is 5.09. The van der Waals surface area contributed by atoms with Crippen molar-refractivity contribution >= 4 is 11.8 Å². The molecule has 1 N–H and O–H groups in total. The molecule has 0 saturated carbocycles. The summed E-state index contributed by atoms with van der Waals surface area (Å²) in [6, 6.07) is 5.85. The molecule has 1 aromatic rings. The Morgan fingerprint density at radius 2 is 2.05 bits per heavy atom. The van der Waals surface area contributed by atoms with Gasteiger partial charge in [-0.1, -0.05) is 30.7 Å². The minimum absolute atomic E-state index is 0.00708. The Hall–Kier alpha value is -1.84. The van der Waals surface area contributed by atoms with Crippen LogP contribution < -0.4 is 5.32 Å². The van der Waals surface area contributed by atoms with Crippen LogP contribution >= 0.6 is 0 Å². The normalized spacial score (nSPS) is 19.5. The zero-order valence-electron chi connectivity index (χ0n) is 11.7. The van der Waals surface area contributed by atoms with Gasteiger partial charge in [0.1, 0.15) is 6.04 Å². The van der Waals surface area contributed by atoms with E-state index >= 15 is 0 Å². The van der Waals surface area contributed by atoms with Crippen molar-refractivity contribution in [2.75, 3.05) is 6.54 Å². The van der Waals surface area contributed by atoms with Gasteiger partial charge in [0, 0.05) is 6.54 Å². The monoisotopic (exact) mass is 260 g/mol. The van der Waals surface area contributed by atoms with Crippen LogP contribution in [0.1, 0.15) is 30.0 Å². The number of piperazine rings is 1. The lowest BCUT2D eigenvalue weighted by molar-refractivity contribution is -0.146. The van der Waals surface area contributed by atoms with E-state index in [9.17, 15) is 9.59 Å². The third-order valence-electron chi connectivity index (χ3n) is 3.65. The highest BCUT2D eigenvalue weighted by molar-refractivity contribution is 5.94. The summed E-state index contributed by atoms with van der Waals surface area (Å²) in [4.78, 5) is 25.5. The van der Waals surface area contributed by atoms with Crippen LogP contribution in [0.15, 0.2) is 18.2 Å². The van der Waals surface area contributed by atoms with Crippen LogP contribution in [0.5, 0.6) is 0 Å². The molecule has 102 valence electrons. The van der Waals surface area contributed by atoms with E-state index in [1.54, 1.807) is 4.90 Å². The van der Waals surface area contributed by atoms with E-state index in [0.717, 1.165) is 11.1 Å². The first-order valence-corrected chi connectivity index (χ1v) is 6.66. The summed E-state index contributed by atoms with van der Waals surface area (Å²) in [6.45, 7) is 6.62. The standard InChI is InChI=1S/C15H20N2O2/c1-4-13-15(19)16-8-14(18)17(13)9-12-7-10(2)5-6-11(12)3/h5-7,13H,4,8-9H2,1-3H3,(H,16,19). The molecule has 1 fully saturated rings. The van der Waals surface area contributed by atoms with Crippen LogP contribution in [0.3, 0.4) is 0 Å². The summed E-state index contributed by atoms with van der Waals surface area (Å²) < 4.78 is 0. The Morgan fingerprint density at radius 1 is 1.32 bits per heavy atom. The number of amides is 2. The first kappa shape index (κ1) is 13.6. The summed E-state index contributed by atoms with van der Waals surface area (Å²) in [5.74, 6) is -0.0558. The van der Waals surface area contributed by atoms with Gasteiger partial charge in [-0.2, -0.15) is 0 Å². The molecule has 1 saturated heterocycles. The molecular weight excluding hydrogens is 240 g/mol. The second-order valence-electron chi connectivity index (χ2n) is 5.09. The summed E-state index contributed by atoms with van der Waals surface area (Å²) in [5.41, 5.74) is 3.43. The Labute approximate surface area is 113 Å². The van der Waals surface area contributed by atoms with E-state index in [1.807, 2.05) is 20.8 Å². The fraction of sp³-hybridized carbons (Fsp3) is 0.467. The Morgan fingerprint density at radius 3 is 2.74 bits per heavy atom. The van der Waals surface area contributed by atoms with Crippen molar-refractivity contribution in [3.05, 3.63) is 34.9 Å². The van der Waals surface area contributed by atoms with Gasteiger partial charge in [0.2, 0.25) is 11.8 Å². The summed E-state index contributed by atoms with van der Waals surface area (Å²) in [6.07, 6.45) is 0.641. The minimum atomic E-state index is -0.346. The smallest absolute Gasteiger partial charge is 0.243 e. The van der Waals surface area contributed by atoms with Crippen LogP contribution in [0.2, 0.25) is 0 Å². The SMILES string of the molecule is CCC1C(=O)NCC(=O)N1Cc1cc(C)ccc1C. The van der Waals surface area contributed by atoms with Crippen molar-refractivity contribution in [1.82, 2.24) is 10.2 Å². The van der Waals surface area contributed by atoms with Gasteiger partial charge >= 0.3 is 0 Å². The maximum atomic E-state index is 12.0. The average molecular weight is 260 g/mol. The number of carbonyl (C=O) groups is 2. The van der Waals surface area contributed by atoms with Gasteiger partial charge in [-0.15, -0.1) is 0 Å². The third kappa shape index (κ3) is 2.78. The maximum absolute atomic E-state index is 12.0. The predicted octanol–water partition coefficient (Wildman–Crippen LogP) is 1.54. The van der Waals surface area contributed by atoms with Gasteiger partial charge < -0.3 is 10.2 Å². The third-order valence-corrected chi connectivity index (χ3v) is 3.65. The number of nitrogens with zero attached hydrogens (tertiary/aromatic N) is 1. The summed E-state index contributed by atoms with van der Waals surface area (Å²) in [5, 5.41) is 2.64. The molecule has 0 aliphatic carbocycles. The van der Waals surface area contributed by atoms with E-state index in [1.165, 1.54) is 5.56 Å². The van der Waals surface area contributed by atoms with E-state index in [2.05, 4.69) is 23.5 Å². The molecule has 1 heterocycles. The lowest BCUT2D eigenvalue weighted by Gasteiger charge is -2.34.